The van der Waals surface area contributed by atoms with Gasteiger partial charge in [0.05, 0.1) is 0 Å². The summed E-state index contributed by atoms with van der Waals surface area (Å²) in [7, 11) is 0. The number of nitriles is 1. The summed E-state index contributed by atoms with van der Waals surface area (Å²) in [4.78, 5) is 12.9. The van der Waals surface area contributed by atoms with E-state index in [-0.39, 0.29) is 28.9 Å². The number of aromatic hydroxyl groups is 1. The standard InChI is InChI=1S/C17H11N3O3/c18-8-12-15(19)23-14-7-9(21)5-6-11(14)17(12)10-3-1-2-4-13(10)20-16(17)22/h1-7,21H,19H2,(H,20,22). The maximum Gasteiger partial charge on any atom is 0.245 e. The zero-order chi connectivity index (χ0) is 16.2. The normalized spacial score (nSPS) is 21.3. The Kier molecular flexibility index (Phi) is 2.46. The van der Waals surface area contributed by atoms with Crippen LogP contribution >= 0.6 is 0 Å². The van der Waals surface area contributed by atoms with Gasteiger partial charge in [0, 0.05) is 22.9 Å². The van der Waals surface area contributed by atoms with Crippen LogP contribution in [0.15, 0.2) is 53.9 Å². The lowest BCUT2D eigenvalue weighted by molar-refractivity contribution is -0.118. The van der Waals surface area contributed by atoms with Crippen LogP contribution in [-0.2, 0) is 10.2 Å². The molecule has 2 aromatic carbocycles. The van der Waals surface area contributed by atoms with Gasteiger partial charge in [-0.25, -0.2) is 0 Å². The molecule has 23 heavy (non-hydrogen) atoms. The van der Waals surface area contributed by atoms with E-state index in [0.717, 1.165) is 0 Å². The third-order valence-electron chi connectivity index (χ3n) is 4.24. The van der Waals surface area contributed by atoms with Gasteiger partial charge in [0.15, 0.2) is 0 Å². The number of para-hydroxylation sites is 1. The van der Waals surface area contributed by atoms with Gasteiger partial charge in [0.1, 0.15) is 28.6 Å². The molecule has 6 heteroatoms. The molecule has 1 amide bonds. The van der Waals surface area contributed by atoms with E-state index >= 15 is 0 Å². The van der Waals surface area contributed by atoms with E-state index in [9.17, 15) is 15.2 Å². The van der Waals surface area contributed by atoms with Crippen molar-refractivity contribution in [2.75, 3.05) is 5.32 Å². The number of hydrogen-bond acceptors (Lipinski definition) is 5. The predicted octanol–water partition coefficient (Wildman–Crippen LogP) is 1.72. The number of benzene rings is 2. The largest absolute Gasteiger partial charge is 0.508 e. The first-order valence-corrected chi connectivity index (χ1v) is 6.91. The van der Waals surface area contributed by atoms with Crippen molar-refractivity contribution in [3.8, 4) is 17.6 Å². The van der Waals surface area contributed by atoms with Gasteiger partial charge < -0.3 is 20.9 Å². The molecule has 0 aliphatic carbocycles. The summed E-state index contributed by atoms with van der Waals surface area (Å²) >= 11 is 0. The fourth-order valence-corrected chi connectivity index (χ4v) is 3.31. The molecule has 2 aromatic rings. The van der Waals surface area contributed by atoms with E-state index in [0.29, 0.717) is 16.8 Å². The Labute approximate surface area is 131 Å². The first-order valence-electron chi connectivity index (χ1n) is 6.91. The lowest BCUT2D eigenvalue weighted by atomic mass is 9.69. The summed E-state index contributed by atoms with van der Waals surface area (Å²) in [6.45, 7) is 0. The Morgan fingerprint density at radius 1 is 1.22 bits per heavy atom. The Morgan fingerprint density at radius 2 is 2.00 bits per heavy atom. The summed E-state index contributed by atoms with van der Waals surface area (Å²) in [5.41, 5.74) is 6.32. The average Bonchev–Trinajstić information content (AvgIpc) is 2.81. The van der Waals surface area contributed by atoms with E-state index in [4.69, 9.17) is 10.5 Å². The summed E-state index contributed by atoms with van der Waals surface area (Å²) in [5, 5.41) is 22.1. The third-order valence-corrected chi connectivity index (χ3v) is 4.24. The summed E-state index contributed by atoms with van der Waals surface area (Å²) in [6, 6.07) is 13.6. The van der Waals surface area contributed by atoms with Gasteiger partial charge in [-0.3, -0.25) is 4.79 Å². The van der Waals surface area contributed by atoms with Crippen molar-refractivity contribution in [2.45, 2.75) is 5.41 Å². The number of amides is 1. The van der Waals surface area contributed by atoms with Crippen molar-refractivity contribution in [3.63, 3.8) is 0 Å². The lowest BCUT2D eigenvalue weighted by Gasteiger charge is -2.33. The van der Waals surface area contributed by atoms with E-state index < -0.39 is 5.41 Å². The molecule has 4 rings (SSSR count). The van der Waals surface area contributed by atoms with Crippen LogP contribution in [0.4, 0.5) is 5.69 Å². The molecule has 1 atom stereocenters. The fourth-order valence-electron chi connectivity index (χ4n) is 3.31. The number of anilines is 1. The van der Waals surface area contributed by atoms with Gasteiger partial charge in [-0.1, -0.05) is 18.2 Å². The number of nitrogens with two attached hydrogens (primary N) is 1. The van der Waals surface area contributed by atoms with Gasteiger partial charge in [0.25, 0.3) is 0 Å². The molecule has 0 bridgehead atoms. The first kappa shape index (κ1) is 13.2. The van der Waals surface area contributed by atoms with Gasteiger partial charge in [0.2, 0.25) is 11.8 Å². The van der Waals surface area contributed by atoms with Crippen molar-refractivity contribution in [1.82, 2.24) is 0 Å². The molecule has 2 aliphatic heterocycles. The highest BCUT2D eigenvalue weighted by molar-refractivity contribution is 6.12. The number of carbonyl (C=O) groups is 1. The minimum absolute atomic E-state index is 0.0150. The van der Waals surface area contributed by atoms with Gasteiger partial charge in [-0.2, -0.15) is 5.26 Å². The molecular weight excluding hydrogens is 294 g/mol. The molecular formula is C17H11N3O3. The molecule has 1 unspecified atom stereocenters. The van der Waals surface area contributed by atoms with E-state index in [1.807, 2.05) is 6.07 Å². The summed E-state index contributed by atoms with van der Waals surface area (Å²) < 4.78 is 5.46. The second-order valence-electron chi connectivity index (χ2n) is 5.38. The second-order valence-corrected chi connectivity index (χ2v) is 5.38. The third kappa shape index (κ3) is 1.48. The lowest BCUT2D eigenvalue weighted by Crippen LogP contribution is -2.42. The number of carbonyl (C=O) groups excluding carboxylic acids is 1. The Balaban J connectivity index is 2.15. The monoisotopic (exact) mass is 305 g/mol. The number of ether oxygens (including phenoxy) is 1. The quantitative estimate of drug-likeness (QED) is 0.686. The molecule has 1 spiro atoms. The molecule has 0 fully saturated rings. The van der Waals surface area contributed by atoms with Crippen LogP contribution in [-0.4, -0.2) is 11.0 Å². The molecule has 6 nitrogen and oxygen atoms in total. The molecule has 0 aromatic heterocycles. The zero-order valence-electron chi connectivity index (χ0n) is 11.8. The zero-order valence-corrected chi connectivity index (χ0v) is 11.8. The van der Waals surface area contributed by atoms with Crippen LogP contribution in [0.5, 0.6) is 11.5 Å². The van der Waals surface area contributed by atoms with Crippen LogP contribution < -0.4 is 15.8 Å². The number of rotatable bonds is 0. The topological polar surface area (TPSA) is 108 Å². The number of hydrogen-bond donors (Lipinski definition) is 3. The first-order chi connectivity index (χ1) is 11.1. The van der Waals surface area contributed by atoms with Crippen molar-refractivity contribution in [2.24, 2.45) is 5.73 Å². The molecule has 4 N–H and O–H groups in total. The fraction of sp³-hybridized carbons (Fsp3) is 0.0588. The molecule has 112 valence electrons. The smallest absolute Gasteiger partial charge is 0.245 e. The van der Waals surface area contributed by atoms with E-state index in [1.54, 1.807) is 30.3 Å². The van der Waals surface area contributed by atoms with E-state index in [1.165, 1.54) is 12.1 Å². The molecule has 0 radical (unpaired) electrons. The molecule has 0 saturated carbocycles. The number of phenols is 1. The number of nitrogens with zero attached hydrogens (tertiary/aromatic N) is 1. The van der Waals surface area contributed by atoms with Gasteiger partial charge in [-0.05, 0) is 18.2 Å². The summed E-state index contributed by atoms with van der Waals surface area (Å²) in [6.07, 6.45) is 0. The molecule has 2 heterocycles. The minimum atomic E-state index is -1.36. The Hall–Kier alpha value is -3.46. The highest BCUT2D eigenvalue weighted by Crippen LogP contribution is 2.53. The highest BCUT2D eigenvalue weighted by atomic mass is 16.5. The van der Waals surface area contributed by atoms with E-state index in [2.05, 4.69) is 5.32 Å². The number of nitrogens with one attached hydrogen (secondary N) is 1. The Morgan fingerprint density at radius 3 is 2.78 bits per heavy atom. The van der Waals surface area contributed by atoms with Crippen molar-refractivity contribution >= 4 is 11.6 Å². The van der Waals surface area contributed by atoms with Crippen LogP contribution in [0.3, 0.4) is 0 Å². The maximum atomic E-state index is 12.9. The van der Waals surface area contributed by atoms with Crippen molar-refractivity contribution < 1.29 is 14.6 Å². The Bertz CT molecular complexity index is 942. The van der Waals surface area contributed by atoms with Crippen LogP contribution in [0.1, 0.15) is 11.1 Å². The number of fused-ring (bicyclic) bond motifs is 4. The SMILES string of the molecule is N#CC1=C(N)Oc2cc(O)ccc2C12C(=O)Nc1ccccc12. The molecule has 2 aliphatic rings. The highest BCUT2D eigenvalue weighted by Gasteiger charge is 2.56. The van der Waals surface area contributed by atoms with Crippen LogP contribution in [0.2, 0.25) is 0 Å². The second kappa shape index (κ2) is 4.27. The summed E-state index contributed by atoms with van der Waals surface area (Å²) in [5.74, 6) is -0.266. The van der Waals surface area contributed by atoms with Crippen LogP contribution in [0, 0.1) is 11.3 Å². The van der Waals surface area contributed by atoms with Crippen molar-refractivity contribution in [1.29, 1.82) is 5.26 Å². The maximum absolute atomic E-state index is 12.9. The van der Waals surface area contributed by atoms with Gasteiger partial charge in [-0.15, -0.1) is 0 Å². The predicted molar refractivity (Wildman–Crippen MR) is 81.4 cm³/mol. The molecule has 0 saturated heterocycles. The number of phenolic OH excluding ortho intramolecular Hbond substituents is 1. The average molecular weight is 305 g/mol. The van der Waals surface area contributed by atoms with Gasteiger partial charge >= 0.3 is 0 Å². The van der Waals surface area contributed by atoms with Crippen molar-refractivity contribution in [3.05, 3.63) is 65.0 Å². The minimum Gasteiger partial charge on any atom is -0.508 e. The van der Waals surface area contributed by atoms with Crippen LogP contribution in [0.25, 0.3) is 0 Å².